The maximum Gasteiger partial charge on any atom is 0.201 e. The molecule has 4 aromatic rings. The van der Waals surface area contributed by atoms with Crippen LogP contribution in [0.15, 0.2) is 109 Å². The smallest absolute Gasteiger partial charge is 0.201 e. The van der Waals surface area contributed by atoms with Crippen LogP contribution in [0.3, 0.4) is 0 Å². The third-order valence-corrected chi connectivity index (χ3v) is 12.4. The van der Waals surface area contributed by atoms with Gasteiger partial charge in [0.15, 0.2) is 0 Å². The van der Waals surface area contributed by atoms with Crippen LogP contribution in [-0.4, -0.2) is 21.1 Å². The first-order valence-electron chi connectivity index (χ1n) is 10.2. The van der Waals surface area contributed by atoms with Gasteiger partial charge < -0.3 is 0 Å². The van der Waals surface area contributed by atoms with Crippen LogP contribution in [0, 0.1) is 0 Å². The van der Waals surface area contributed by atoms with Crippen LogP contribution >= 0.6 is 0 Å². The van der Waals surface area contributed by atoms with E-state index in [1.165, 1.54) is 26.1 Å². The van der Waals surface area contributed by atoms with Crippen molar-refractivity contribution in [2.75, 3.05) is 0 Å². The highest BCUT2D eigenvalue weighted by Crippen LogP contribution is 2.09. The summed E-state index contributed by atoms with van der Waals surface area (Å²) in [7, 11) is -3.83. The van der Waals surface area contributed by atoms with Crippen molar-refractivity contribution in [2.24, 2.45) is 0 Å². The molecular formula is C26H27NSi2. The van der Waals surface area contributed by atoms with Crippen LogP contribution in [0.5, 0.6) is 0 Å². The average Bonchev–Trinajstić information content (AvgIpc) is 2.76. The number of hydrogen-bond donors (Lipinski definition) is 0. The van der Waals surface area contributed by atoms with Gasteiger partial charge in [-0.25, -0.2) is 0 Å². The molecule has 3 heteroatoms. The second-order valence-electron chi connectivity index (χ2n) is 8.52. The molecule has 1 nitrogen and oxygen atoms in total. The molecule has 0 amide bonds. The molecule has 0 unspecified atom stereocenters. The zero-order chi connectivity index (χ0) is 20.3. The highest BCUT2D eigenvalue weighted by atomic mass is 28.3. The van der Waals surface area contributed by atoms with Crippen molar-refractivity contribution in [3.63, 3.8) is 0 Å². The van der Waals surface area contributed by atoms with E-state index in [1.54, 1.807) is 0 Å². The van der Waals surface area contributed by atoms with Crippen LogP contribution in [0.4, 0.5) is 0 Å². The lowest BCUT2D eigenvalue weighted by Crippen LogP contribution is -2.75. The Balaban J connectivity index is 2.06. The molecule has 144 valence electrons. The molecule has 29 heavy (non-hydrogen) atoms. The molecule has 0 saturated carbocycles. The minimum Gasteiger partial charge on any atom is -0.265 e. The standard InChI is InChI=1S/C26H27NSi2/c1-28(2,3)22-17-19-25(20-18-22)29(23-12-6-4-7-13-23,24-14-8-5-9-15-24)26-16-10-11-21-27-26/h4-21H,1-3H3. The van der Waals surface area contributed by atoms with E-state index >= 15 is 0 Å². The van der Waals surface area contributed by atoms with Crippen molar-refractivity contribution in [3.05, 3.63) is 109 Å². The first kappa shape index (κ1) is 19.6. The lowest BCUT2D eigenvalue weighted by Gasteiger charge is -2.33. The highest BCUT2D eigenvalue weighted by molar-refractivity contribution is 7.19. The summed E-state index contributed by atoms with van der Waals surface area (Å²) in [6, 6.07) is 37.7. The third-order valence-electron chi connectivity index (χ3n) is 5.65. The van der Waals surface area contributed by atoms with Gasteiger partial charge in [-0.05, 0) is 27.7 Å². The lowest BCUT2D eigenvalue weighted by atomic mass is 10.3. The van der Waals surface area contributed by atoms with Gasteiger partial charge in [0.05, 0.1) is 8.07 Å². The highest BCUT2D eigenvalue weighted by Gasteiger charge is 2.42. The fourth-order valence-corrected chi connectivity index (χ4v) is 9.84. The summed E-state index contributed by atoms with van der Waals surface area (Å²) in [5.74, 6) is 0. The Morgan fingerprint density at radius 3 is 1.38 bits per heavy atom. The van der Waals surface area contributed by atoms with Gasteiger partial charge in [-0.15, -0.1) is 0 Å². The summed E-state index contributed by atoms with van der Waals surface area (Å²) in [6.07, 6.45) is 1.93. The zero-order valence-electron chi connectivity index (χ0n) is 17.3. The second kappa shape index (κ2) is 7.93. The predicted octanol–water partition coefficient (Wildman–Crippen LogP) is 3.00. The molecule has 0 aliphatic heterocycles. The van der Waals surface area contributed by atoms with Crippen molar-refractivity contribution in [1.29, 1.82) is 0 Å². The summed E-state index contributed by atoms with van der Waals surface area (Å²) in [5, 5.41) is 6.79. The largest absolute Gasteiger partial charge is 0.265 e. The van der Waals surface area contributed by atoms with Gasteiger partial charge in [-0.2, -0.15) is 0 Å². The van der Waals surface area contributed by atoms with Crippen LogP contribution in [0.2, 0.25) is 19.6 Å². The molecule has 3 aromatic carbocycles. The van der Waals surface area contributed by atoms with E-state index in [4.69, 9.17) is 4.98 Å². The molecule has 0 radical (unpaired) electrons. The molecule has 0 atom stereocenters. The van der Waals surface area contributed by atoms with E-state index in [0.29, 0.717) is 0 Å². The second-order valence-corrected chi connectivity index (χ2v) is 17.3. The van der Waals surface area contributed by atoms with Gasteiger partial charge in [-0.1, -0.05) is 116 Å². The van der Waals surface area contributed by atoms with E-state index < -0.39 is 16.1 Å². The van der Waals surface area contributed by atoms with Crippen LogP contribution in [0.25, 0.3) is 0 Å². The van der Waals surface area contributed by atoms with Crippen LogP contribution in [-0.2, 0) is 0 Å². The molecule has 4 rings (SSSR count). The number of hydrogen-bond acceptors (Lipinski definition) is 1. The number of pyridine rings is 1. The summed E-state index contributed by atoms with van der Waals surface area (Å²) in [5.41, 5.74) is 0. The summed E-state index contributed by atoms with van der Waals surface area (Å²) in [4.78, 5) is 4.92. The zero-order valence-corrected chi connectivity index (χ0v) is 19.3. The van der Waals surface area contributed by atoms with Gasteiger partial charge in [0, 0.05) is 11.5 Å². The topological polar surface area (TPSA) is 12.9 Å². The summed E-state index contributed by atoms with van der Waals surface area (Å²) >= 11 is 0. The molecule has 0 N–H and O–H groups in total. The number of rotatable bonds is 5. The Hall–Kier alpha value is -2.76. The van der Waals surface area contributed by atoms with Gasteiger partial charge >= 0.3 is 0 Å². The molecule has 0 aliphatic rings. The summed E-state index contributed by atoms with van der Waals surface area (Å²) in [6.45, 7) is 7.21. The fourth-order valence-electron chi connectivity index (χ4n) is 4.12. The molecule has 0 saturated heterocycles. The number of aromatic nitrogens is 1. The molecule has 0 spiro atoms. The monoisotopic (exact) mass is 409 g/mol. The quantitative estimate of drug-likeness (QED) is 0.365. The Kier molecular flexibility index (Phi) is 5.35. The van der Waals surface area contributed by atoms with Crippen molar-refractivity contribution < 1.29 is 0 Å². The molecule has 1 aromatic heterocycles. The Labute approximate surface area is 176 Å². The predicted molar refractivity (Wildman–Crippen MR) is 131 cm³/mol. The first-order valence-corrected chi connectivity index (χ1v) is 15.7. The Morgan fingerprint density at radius 2 is 0.931 bits per heavy atom. The van der Waals surface area contributed by atoms with E-state index in [-0.39, 0.29) is 0 Å². The van der Waals surface area contributed by atoms with Gasteiger partial charge in [-0.3, -0.25) is 4.98 Å². The Morgan fingerprint density at radius 1 is 0.483 bits per heavy atom. The minimum absolute atomic E-state index is 1.18. The molecule has 0 bridgehead atoms. The normalized spacial score (nSPS) is 12.0. The SMILES string of the molecule is C[Si](C)(C)c1ccc([Si](c2ccccc2)(c2ccccc2)c2ccccn2)cc1. The van der Waals surface area contributed by atoms with Crippen molar-refractivity contribution >= 4 is 42.2 Å². The maximum absolute atomic E-state index is 4.92. The minimum atomic E-state index is -2.48. The summed E-state index contributed by atoms with van der Waals surface area (Å²) < 4.78 is 0. The van der Waals surface area contributed by atoms with Gasteiger partial charge in [0.25, 0.3) is 0 Å². The third kappa shape index (κ3) is 3.64. The average molecular weight is 410 g/mol. The molecular weight excluding hydrogens is 382 g/mol. The van der Waals surface area contributed by atoms with Crippen molar-refractivity contribution in [3.8, 4) is 0 Å². The maximum atomic E-state index is 4.92. The van der Waals surface area contributed by atoms with E-state index in [0.717, 1.165) is 0 Å². The Bertz CT molecular complexity index is 958. The van der Waals surface area contributed by atoms with E-state index in [1.807, 2.05) is 12.3 Å². The van der Waals surface area contributed by atoms with Crippen molar-refractivity contribution in [2.45, 2.75) is 19.6 Å². The van der Waals surface area contributed by atoms with Crippen LogP contribution < -0.4 is 26.1 Å². The fraction of sp³-hybridized carbons (Fsp3) is 0.115. The molecule has 1 heterocycles. The number of nitrogens with zero attached hydrogens (tertiary/aromatic N) is 1. The van der Waals surface area contributed by atoms with Crippen LogP contribution in [0.1, 0.15) is 0 Å². The van der Waals surface area contributed by atoms with Gasteiger partial charge in [0.2, 0.25) is 8.07 Å². The number of benzene rings is 3. The van der Waals surface area contributed by atoms with Crippen molar-refractivity contribution in [1.82, 2.24) is 4.98 Å². The molecule has 0 fully saturated rings. The lowest BCUT2D eigenvalue weighted by molar-refractivity contribution is 1.37. The van der Waals surface area contributed by atoms with E-state index in [9.17, 15) is 0 Å². The first-order chi connectivity index (χ1) is 14.0. The van der Waals surface area contributed by atoms with E-state index in [2.05, 4.69) is 117 Å². The van der Waals surface area contributed by atoms with Gasteiger partial charge in [0.1, 0.15) is 0 Å². The molecule has 0 aliphatic carbocycles.